The maximum atomic E-state index is 4.91. The summed E-state index contributed by atoms with van der Waals surface area (Å²) in [4.78, 5) is 8.68. The van der Waals surface area contributed by atoms with E-state index in [0.29, 0.717) is 0 Å². The molecule has 4 heteroatoms. The summed E-state index contributed by atoms with van der Waals surface area (Å²) in [5.74, 6) is 0. The quantitative estimate of drug-likeness (QED) is 0.734. The summed E-state index contributed by atoms with van der Waals surface area (Å²) in [6.45, 7) is 4.49. The number of aryl methyl sites for hydroxylation is 1. The van der Waals surface area contributed by atoms with Gasteiger partial charge in [-0.1, -0.05) is 40.9 Å². The van der Waals surface area contributed by atoms with Crippen molar-refractivity contribution in [1.82, 2.24) is 4.98 Å². The molecule has 0 N–H and O–H groups in total. The molecule has 1 aliphatic rings. The fourth-order valence-electron chi connectivity index (χ4n) is 2.68. The Bertz CT molecular complexity index is 586. The van der Waals surface area contributed by atoms with Crippen LogP contribution in [0.2, 0.25) is 0 Å². The molecule has 1 aromatic heterocycles. The van der Waals surface area contributed by atoms with Crippen molar-refractivity contribution in [1.29, 1.82) is 0 Å². The molecule has 0 aliphatic carbocycles. The van der Waals surface area contributed by atoms with Gasteiger partial charge < -0.3 is 4.90 Å². The van der Waals surface area contributed by atoms with Crippen LogP contribution in [0, 0.1) is 6.92 Å². The molecule has 2 nitrogen and oxygen atoms in total. The highest BCUT2D eigenvalue weighted by atomic mass is 79.9. The summed E-state index contributed by atoms with van der Waals surface area (Å²) < 4.78 is 1.11. The summed E-state index contributed by atoms with van der Waals surface area (Å²) in [5, 5.41) is 1.19. The summed E-state index contributed by atoms with van der Waals surface area (Å²) in [5.41, 5.74) is 2.34. The molecule has 0 spiro atoms. The van der Waals surface area contributed by atoms with Crippen LogP contribution in [0.15, 0.2) is 28.7 Å². The Morgan fingerprint density at radius 2 is 1.90 bits per heavy atom. The number of thiazole rings is 1. The highest BCUT2D eigenvalue weighted by molar-refractivity contribution is 9.10. The smallest absolute Gasteiger partial charge is 0.186 e. The third-order valence-corrected chi connectivity index (χ3v) is 5.28. The summed E-state index contributed by atoms with van der Waals surface area (Å²) in [6, 6.07) is 8.41. The fraction of sp³-hybridized carbons (Fsp3) is 0.438. The van der Waals surface area contributed by atoms with Gasteiger partial charge in [-0.15, -0.1) is 11.3 Å². The Kier molecular flexibility index (Phi) is 4.41. The van der Waals surface area contributed by atoms with E-state index in [-0.39, 0.29) is 0 Å². The Labute approximate surface area is 133 Å². The van der Waals surface area contributed by atoms with Crippen LogP contribution in [0.25, 0.3) is 11.3 Å². The molecule has 3 rings (SSSR count). The average Bonchev–Trinajstić information content (AvgIpc) is 2.65. The molecule has 0 saturated carbocycles. The summed E-state index contributed by atoms with van der Waals surface area (Å²) >= 11 is 5.37. The largest absolute Gasteiger partial charge is 0.348 e. The number of hydrogen-bond donors (Lipinski definition) is 0. The number of rotatable bonds is 2. The van der Waals surface area contributed by atoms with Crippen LogP contribution in [0.5, 0.6) is 0 Å². The number of hydrogen-bond acceptors (Lipinski definition) is 3. The van der Waals surface area contributed by atoms with Crippen molar-refractivity contribution in [3.8, 4) is 11.3 Å². The maximum absolute atomic E-state index is 4.91. The number of aromatic nitrogens is 1. The first-order valence-corrected chi connectivity index (χ1v) is 8.83. The van der Waals surface area contributed by atoms with Gasteiger partial charge in [-0.3, -0.25) is 0 Å². The zero-order valence-corrected chi connectivity index (χ0v) is 14.1. The highest BCUT2D eigenvalue weighted by Crippen LogP contribution is 2.34. The minimum absolute atomic E-state index is 1.11. The molecule has 2 heterocycles. The van der Waals surface area contributed by atoms with Gasteiger partial charge in [0.1, 0.15) is 0 Å². The fourth-order valence-corrected chi connectivity index (χ4v) is 4.07. The van der Waals surface area contributed by atoms with Crippen LogP contribution in [0.3, 0.4) is 0 Å². The Balaban J connectivity index is 1.90. The molecule has 0 radical (unpaired) electrons. The summed E-state index contributed by atoms with van der Waals surface area (Å²) in [6.07, 6.45) is 5.31. The van der Waals surface area contributed by atoms with Crippen molar-refractivity contribution >= 4 is 32.4 Å². The standard InChI is InChI=1S/C16H19BrN2S/c1-12-15(13-7-6-8-14(17)11-13)18-16(20-12)19-9-4-2-3-5-10-19/h6-8,11H,2-5,9-10H2,1H3. The van der Waals surface area contributed by atoms with Gasteiger partial charge in [-0.25, -0.2) is 4.98 Å². The van der Waals surface area contributed by atoms with Gasteiger partial charge in [0, 0.05) is 28.0 Å². The van der Waals surface area contributed by atoms with Crippen LogP contribution < -0.4 is 4.90 Å². The van der Waals surface area contributed by atoms with E-state index in [4.69, 9.17) is 4.98 Å². The van der Waals surface area contributed by atoms with Crippen LogP contribution in [-0.4, -0.2) is 18.1 Å². The van der Waals surface area contributed by atoms with E-state index in [1.807, 2.05) is 11.3 Å². The van der Waals surface area contributed by atoms with Crippen molar-refractivity contribution < 1.29 is 0 Å². The average molecular weight is 351 g/mol. The molecule has 0 bridgehead atoms. The van der Waals surface area contributed by atoms with E-state index in [9.17, 15) is 0 Å². The Hall–Kier alpha value is -0.870. The van der Waals surface area contributed by atoms with E-state index in [0.717, 1.165) is 23.3 Å². The lowest BCUT2D eigenvalue weighted by molar-refractivity contribution is 0.726. The van der Waals surface area contributed by atoms with E-state index in [1.54, 1.807) is 0 Å². The number of benzene rings is 1. The molecule has 1 fully saturated rings. The minimum atomic E-state index is 1.11. The molecule has 0 atom stereocenters. The van der Waals surface area contributed by atoms with Gasteiger partial charge in [-0.05, 0) is 31.9 Å². The normalized spacial score (nSPS) is 16.2. The molecule has 106 valence electrons. The van der Waals surface area contributed by atoms with E-state index >= 15 is 0 Å². The molecular weight excluding hydrogens is 332 g/mol. The molecule has 1 aromatic carbocycles. The Morgan fingerprint density at radius 3 is 2.60 bits per heavy atom. The molecule has 20 heavy (non-hydrogen) atoms. The van der Waals surface area contributed by atoms with Crippen molar-refractivity contribution in [2.24, 2.45) is 0 Å². The third-order valence-electron chi connectivity index (χ3n) is 3.76. The van der Waals surface area contributed by atoms with Gasteiger partial charge in [0.05, 0.1) is 5.69 Å². The molecule has 1 aliphatic heterocycles. The molecule has 2 aromatic rings. The van der Waals surface area contributed by atoms with Gasteiger partial charge in [0.2, 0.25) is 0 Å². The van der Waals surface area contributed by atoms with Crippen LogP contribution in [-0.2, 0) is 0 Å². The van der Waals surface area contributed by atoms with Crippen molar-refractivity contribution in [3.05, 3.63) is 33.6 Å². The minimum Gasteiger partial charge on any atom is -0.348 e. The SMILES string of the molecule is Cc1sc(N2CCCCCC2)nc1-c1cccc(Br)c1. The van der Waals surface area contributed by atoms with E-state index in [2.05, 4.69) is 52.0 Å². The van der Waals surface area contributed by atoms with E-state index < -0.39 is 0 Å². The first-order valence-electron chi connectivity index (χ1n) is 7.22. The monoisotopic (exact) mass is 350 g/mol. The second-order valence-electron chi connectivity index (χ2n) is 5.31. The van der Waals surface area contributed by atoms with Crippen molar-refractivity contribution in [2.45, 2.75) is 32.6 Å². The highest BCUT2D eigenvalue weighted by Gasteiger charge is 2.16. The molecule has 0 unspecified atom stereocenters. The number of halogens is 1. The molecular formula is C16H19BrN2S. The van der Waals surface area contributed by atoms with Crippen LogP contribution in [0.1, 0.15) is 30.6 Å². The first kappa shape index (κ1) is 14.1. The van der Waals surface area contributed by atoms with Gasteiger partial charge in [-0.2, -0.15) is 0 Å². The number of anilines is 1. The second-order valence-corrected chi connectivity index (χ2v) is 7.41. The lowest BCUT2D eigenvalue weighted by Gasteiger charge is -2.18. The zero-order chi connectivity index (χ0) is 13.9. The first-order chi connectivity index (χ1) is 9.74. The molecule has 0 amide bonds. The van der Waals surface area contributed by atoms with Crippen molar-refractivity contribution in [2.75, 3.05) is 18.0 Å². The van der Waals surface area contributed by atoms with Crippen LogP contribution in [0.4, 0.5) is 5.13 Å². The lowest BCUT2D eigenvalue weighted by Crippen LogP contribution is -2.23. The second kappa shape index (κ2) is 6.27. The van der Waals surface area contributed by atoms with Crippen LogP contribution >= 0.6 is 27.3 Å². The topological polar surface area (TPSA) is 16.1 Å². The third kappa shape index (κ3) is 3.07. The Morgan fingerprint density at radius 1 is 1.15 bits per heavy atom. The van der Waals surface area contributed by atoms with E-state index in [1.165, 1.54) is 41.3 Å². The van der Waals surface area contributed by atoms with Gasteiger partial charge >= 0.3 is 0 Å². The van der Waals surface area contributed by atoms with Gasteiger partial charge in [0.15, 0.2) is 5.13 Å². The molecule has 1 saturated heterocycles. The van der Waals surface area contributed by atoms with Gasteiger partial charge in [0.25, 0.3) is 0 Å². The predicted octanol–water partition coefficient (Wildman–Crippen LogP) is 5.26. The lowest BCUT2D eigenvalue weighted by atomic mass is 10.1. The number of nitrogens with zero attached hydrogens (tertiary/aromatic N) is 2. The summed E-state index contributed by atoms with van der Waals surface area (Å²) in [7, 11) is 0. The van der Waals surface area contributed by atoms with Crippen molar-refractivity contribution in [3.63, 3.8) is 0 Å². The predicted molar refractivity (Wildman–Crippen MR) is 90.7 cm³/mol. The maximum Gasteiger partial charge on any atom is 0.186 e. The zero-order valence-electron chi connectivity index (χ0n) is 11.7.